The second-order valence-electron chi connectivity index (χ2n) is 6.84. The summed E-state index contributed by atoms with van der Waals surface area (Å²) in [4.78, 5) is 24.8. The molecular weight excluding hydrogens is 402 g/mol. The molecule has 3 rings (SSSR count). The van der Waals surface area contributed by atoms with Gasteiger partial charge < -0.3 is 19.9 Å². The van der Waals surface area contributed by atoms with Crippen LogP contribution in [-0.2, 0) is 0 Å². The van der Waals surface area contributed by atoms with Gasteiger partial charge in [0.05, 0.1) is 12.7 Å². The summed E-state index contributed by atoms with van der Waals surface area (Å²) in [6.07, 6.45) is 0. The molecular formula is C23H24ClN3O3. The first-order valence-corrected chi connectivity index (χ1v) is 9.94. The van der Waals surface area contributed by atoms with E-state index in [1.165, 1.54) is 0 Å². The Kier molecular flexibility index (Phi) is 6.79. The number of aryl methyl sites for hydroxylation is 1. The average Bonchev–Trinajstić information content (AvgIpc) is 3.05. The first kappa shape index (κ1) is 21.5. The SMILES string of the molecule is COc1ccc(C(=O)NCCNC(=O)c2cc(C)n(-c3ccc(Cl)cc3)c2C)cc1. The van der Waals surface area contributed by atoms with E-state index in [1.54, 1.807) is 31.4 Å². The van der Waals surface area contributed by atoms with Crippen molar-refractivity contribution in [1.29, 1.82) is 0 Å². The molecule has 0 saturated heterocycles. The minimum Gasteiger partial charge on any atom is -0.497 e. The summed E-state index contributed by atoms with van der Waals surface area (Å²) in [5.74, 6) is 0.310. The number of amides is 2. The number of ether oxygens (including phenoxy) is 1. The Balaban J connectivity index is 1.57. The molecule has 0 saturated carbocycles. The standard InChI is InChI=1S/C23H24ClN3O3/c1-15-14-21(16(2)27(15)19-8-6-18(24)7-9-19)23(29)26-13-12-25-22(28)17-4-10-20(30-3)11-5-17/h4-11,14H,12-13H2,1-3H3,(H,25,28)(H,26,29). The van der Waals surface area contributed by atoms with E-state index in [0.717, 1.165) is 17.1 Å². The van der Waals surface area contributed by atoms with E-state index in [4.69, 9.17) is 16.3 Å². The molecule has 30 heavy (non-hydrogen) atoms. The maximum absolute atomic E-state index is 12.6. The molecule has 2 aromatic carbocycles. The van der Waals surface area contributed by atoms with Crippen molar-refractivity contribution < 1.29 is 14.3 Å². The lowest BCUT2D eigenvalue weighted by Crippen LogP contribution is -2.34. The Morgan fingerprint density at radius 2 is 1.53 bits per heavy atom. The summed E-state index contributed by atoms with van der Waals surface area (Å²) in [5, 5.41) is 6.31. The fourth-order valence-corrected chi connectivity index (χ4v) is 3.40. The molecule has 0 unspecified atom stereocenters. The zero-order chi connectivity index (χ0) is 21.7. The van der Waals surface area contributed by atoms with Crippen LogP contribution in [0.5, 0.6) is 5.75 Å². The van der Waals surface area contributed by atoms with Crippen LogP contribution in [0, 0.1) is 13.8 Å². The zero-order valence-electron chi connectivity index (χ0n) is 17.2. The third-order valence-electron chi connectivity index (χ3n) is 4.81. The largest absolute Gasteiger partial charge is 0.497 e. The monoisotopic (exact) mass is 425 g/mol. The van der Waals surface area contributed by atoms with Crippen LogP contribution >= 0.6 is 11.6 Å². The summed E-state index contributed by atoms with van der Waals surface area (Å²) in [6.45, 7) is 4.51. The maximum atomic E-state index is 12.6. The number of aromatic nitrogens is 1. The van der Waals surface area contributed by atoms with Gasteiger partial charge in [-0.05, 0) is 68.4 Å². The van der Waals surface area contributed by atoms with Crippen LogP contribution < -0.4 is 15.4 Å². The van der Waals surface area contributed by atoms with Crippen LogP contribution in [0.1, 0.15) is 32.1 Å². The van der Waals surface area contributed by atoms with E-state index in [0.29, 0.717) is 35.0 Å². The molecule has 0 fully saturated rings. The van der Waals surface area contributed by atoms with E-state index in [1.807, 2.05) is 48.7 Å². The van der Waals surface area contributed by atoms with Crippen LogP contribution in [0.2, 0.25) is 5.02 Å². The quantitative estimate of drug-likeness (QED) is 0.563. The van der Waals surface area contributed by atoms with Gasteiger partial charge in [0.25, 0.3) is 11.8 Å². The summed E-state index contributed by atoms with van der Waals surface area (Å²) >= 11 is 5.97. The van der Waals surface area contributed by atoms with Crippen LogP contribution in [0.15, 0.2) is 54.6 Å². The van der Waals surface area contributed by atoms with E-state index < -0.39 is 0 Å². The van der Waals surface area contributed by atoms with Crippen molar-refractivity contribution in [3.8, 4) is 11.4 Å². The van der Waals surface area contributed by atoms with Gasteiger partial charge in [0.15, 0.2) is 0 Å². The molecule has 0 aliphatic heterocycles. The highest BCUT2D eigenvalue weighted by Gasteiger charge is 2.16. The van der Waals surface area contributed by atoms with E-state index in [2.05, 4.69) is 10.6 Å². The lowest BCUT2D eigenvalue weighted by Gasteiger charge is -2.10. The fourth-order valence-electron chi connectivity index (χ4n) is 3.27. The van der Waals surface area contributed by atoms with Gasteiger partial charge in [-0.15, -0.1) is 0 Å². The molecule has 1 aromatic heterocycles. The minimum atomic E-state index is -0.201. The second kappa shape index (κ2) is 9.50. The fraction of sp³-hybridized carbons (Fsp3) is 0.217. The van der Waals surface area contributed by atoms with E-state index in [9.17, 15) is 9.59 Å². The lowest BCUT2D eigenvalue weighted by atomic mass is 10.2. The number of hydrogen-bond donors (Lipinski definition) is 2. The highest BCUT2D eigenvalue weighted by Crippen LogP contribution is 2.22. The van der Waals surface area contributed by atoms with Crippen molar-refractivity contribution in [2.45, 2.75) is 13.8 Å². The van der Waals surface area contributed by atoms with Crippen LogP contribution in [0.3, 0.4) is 0 Å². The van der Waals surface area contributed by atoms with Crippen LogP contribution in [0.25, 0.3) is 5.69 Å². The molecule has 6 nitrogen and oxygen atoms in total. The first-order valence-electron chi connectivity index (χ1n) is 9.56. The number of nitrogens with zero attached hydrogens (tertiary/aromatic N) is 1. The van der Waals surface area contributed by atoms with Crippen molar-refractivity contribution in [1.82, 2.24) is 15.2 Å². The van der Waals surface area contributed by atoms with Gasteiger partial charge in [0.2, 0.25) is 0 Å². The van der Waals surface area contributed by atoms with Crippen molar-refractivity contribution in [3.05, 3.63) is 82.1 Å². The summed E-state index contributed by atoms with van der Waals surface area (Å²) < 4.78 is 7.09. The highest BCUT2D eigenvalue weighted by molar-refractivity contribution is 6.30. The highest BCUT2D eigenvalue weighted by atomic mass is 35.5. The van der Waals surface area contributed by atoms with Gasteiger partial charge in [0, 0.05) is 40.8 Å². The number of rotatable bonds is 7. The van der Waals surface area contributed by atoms with Crippen LogP contribution in [0.4, 0.5) is 0 Å². The van der Waals surface area contributed by atoms with Crippen molar-refractivity contribution in [2.75, 3.05) is 20.2 Å². The molecule has 0 atom stereocenters. The average molecular weight is 426 g/mol. The Bertz CT molecular complexity index is 1040. The summed E-state index contributed by atoms with van der Waals surface area (Å²) in [5.41, 5.74) is 3.88. The Morgan fingerprint density at radius 3 is 2.13 bits per heavy atom. The van der Waals surface area contributed by atoms with Gasteiger partial charge in [-0.2, -0.15) is 0 Å². The number of nitrogens with one attached hydrogen (secondary N) is 2. The third kappa shape index (κ3) is 4.83. The van der Waals surface area contributed by atoms with Crippen molar-refractivity contribution in [3.63, 3.8) is 0 Å². The van der Waals surface area contributed by atoms with Crippen molar-refractivity contribution in [2.24, 2.45) is 0 Å². The lowest BCUT2D eigenvalue weighted by molar-refractivity contribution is 0.0927. The number of carbonyl (C=O) groups excluding carboxylic acids is 2. The van der Waals surface area contributed by atoms with Gasteiger partial charge in [-0.1, -0.05) is 11.6 Å². The molecule has 3 aromatic rings. The molecule has 0 aliphatic carbocycles. The van der Waals surface area contributed by atoms with E-state index >= 15 is 0 Å². The number of methoxy groups -OCH3 is 1. The first-order chi connectivity index (χ1) is 14.4. The van der Waals surface area contributed by atoms with Crippen LogP contribution in [-0.4, -0.2) is 36.6 Å². The summed E-state index contributed by atoms with van der Waals surface area (Å²) in [7, 11) is 1.57. The van der Waals surface area contributed by atoms with Crippen molar-refractivity contribution >= 4 is 23.4 Å². The number of benzene rings is 2. The van der Waals surface area contributed by atoms with Gasteiger partial charge >= 0.3 is 0 Å². The molecule has 0 radical (unpaired) electrons. The van der Waals surface area contributed by atoms with E-state index in [-0.39, 0.29) is 11.8 Å². The molecule has 0 spiro atoms. The molecule has 7 heteroatoms. The van der Waals surface area contributed by atoms with Gasteiger partial charge in [-0.3, -0.25) is 9.59 Å². The van der Waals surface area contributed by atoms with Gasteiger partial charge in [0.1, 0.15) is 5.75 Å². The topological polar surface area (TPSA) is 72.4 Å². The normalized spacial score (nSPS) is 10.5. The smallest absolute Gasteiger partial charge is 0.253 e. The van der Waals surface area contributed by atoms with Gasteiger partial charge in [-0.25, -0.2) is 0 Å². The Labute approximate surface area is 180 Å². The molecule has 0 bridgehead atoms. The number of hydrogen-bond acceptors (Lipinski definition) is 3. The predicted octanol–water partition coefficient (Wildman–Crippen LogP) is 3.92. The molecule has 2 N–H and O–H groups in total. The number of carbonyl (C=O) groups is 2. The molecule has 0 aliphatic rings. The third-order valence-corrected chi connectivity index (χ3v) is 5.06. The summed E-state index contributed by atoms with van der Waals surface area (Å²) in [6, 6.07) is 16.2. The zero-order valence-corrected chi connectivity index (χ0v) is 17.9. The second-order valence-corrected chi connectivity index (χ2v) is 7.27. The predicted molar refractivity (Wildman–Crippen MR) is 118 cm³/mol. The Morgan fingerprint density at radius 1 is 0.933 bits per heavy atom. The minimum absolute atomic E-state index is 0.179. The molecule has 156 valence electrons. The Hall–Kier alpha value is -3.25. The number of halogens is 1. The molecule has 2 amide bonds. The molecule has 1 heterocycles. The maximum Gasteiger partial charge on any atom is 0.253 e.